The maximum atomic E-state index is 7.67. The van der Waals surface area contributed by atoms with Crippen molar-refractivity contribution in [3.05, 3.63) is 53.1 Å². The first-order valence-corrected chi connectivity index (χ1v) is 7.10. The van der Waals surface area contributed by atoms with Crippen LogP contribution < -0.4 is 10.5 Å². The van der Waals surface area contributed by atoms with Gasteiger partial charge in [0, 0.05) is 15.4 Å². The lowest BCUT2D eigenvalue weighted by atomic mass is 10.1. The summed E-state index contributed by atoms with van der Waals surface area (Å²) in [6.07, 6.45) is 0. The van der Waals surface area contributed by atoms with Gasteiger partial charge in [0.2, 0.25) is 0 Å². The molecule has 0 saturated heterocycles. The molecule has 20 heavy (non-hydrogen) atoms. The second-order valence-electron chi connectivity index (χ2n) is 4.62. The normalized spacial score (nSPS) is 10.3. The molecule has 0 aliphatic rings. The zero-order valence-electron chi connectivity index (χ0n) is 11.9. The van der Waals surface area contributed by atoms with Gasteiger partial charge in [0.05, 0.1) is 7.11 Å². The van der Waals surface area contributed by atoms with Crippen LogP contribution in [0.3, 0.4) is 0 Å². The molecule has 0 aromatic heterocycles. The number of nitrogens with two attached hydrogens (primary N) is 1. The fourth-order valence-corrected chi connectivity index (χ4v) is 2.93. The van der Waals surface area contributed by atoms with Crippen LogP contribution in [0, 0.1) is 19.3 Å². The van der Waals surface area contributed by atoms with Crippen LogP contribution in [0.2, 0.25) is 0 Å². The van der Waals surface area contributed by atoms with E-state index in [4.69, 9.17) is 15.9 Å². The highest BCUT2D eigenvalue weighted by Gasteiger charge is 2.09. The van der Waals surface area contributed by atoms with E-state index in [2.05, 4.69) is 32.0 Å². The standard InChI is InChI=1S/C16H18N2OS/c1-10-4-6-13(8-11(10)2)20-15-9-12(19-3)5-7-14(15)16(17)18/h4-9H,1-3H3,(H3,17,18). The molecule has 2 rings (SSSR count). The van der Waals surface area contributed by atoms with E-state index in [9.17, 15) is 0 Å². The van der Waals surface area contributed by atoms with Crippen molar-refractivity contribution in [2.45, 2.75) is 23.6 Å². The molecule has 3 N–H and O–H groups in total. The van der Waals surface area contributed by atoms with E-state index in [-0.39, 0.29) is 5.84 Å². The number of hydrogen-bond donors (Lipinski definition) is 2. The van der Waals surface area contributed by atoms with E-state index in [0.717, 1.165) is 21.1 Å². The number of hydrogen-bond acceptors (Lipinski definition) is 3. The third-order valence-corrected chi connectivity index (χ3v) is 4.23. The van der Waals surface area contributed by atoms with Gasteiger partial charge in [0.25, 0.3) is 0 Å². The number of benzene rings is 2. The largest absolute Gasteiger partial charge is 0.497 e. The lowest BCUT2D eigenvalue weighted by Crippen LogP contribution is -2.12. The fraction of sp³-hybridized carbons (Fsp3) is 0.188. The number of methoxy groups -OCH3 is 1. The van der Waals surface area contributed by atoms with E-state index in [1.165, 1.54) is 11.1 Å². The number of nitrogens with one attached hydrogen (secondary N) is 1. The molecule has 0 fully saturated rings. The fourth-order valence-electron chi connectivity index (χ4n) is 1.84. The molecule has 0 aliphatic carbocycles. The van der Waals surface area contributed by atoms with Gasteiger partial charge in [-0.3, -0.25) is 5.41 Å². The topological polar surface area (TPSA) is 59.1 Å². The summed E-state index contributed by atoms with van der Waals surface area (Å²) >= 11 is 1.59. The van der Waals surface area contributed by atoms with Crippen molar-refractivity contribution in [3.63, 3.8) is 0 Å². The maximum absolute atomic E-state index is 7.67. The number of nitrogen functional groups attached to an aromatic ring is 1. The zero-order chi connectivity index (χ0) is 14.7. The molecular formula is C16H18N2OS. The van der Waals surface area contributed by atoms with Gasteiger partial charge in [-0.15, -0.1) is 0 Å². The molecule has 4 heteroatoms. The van der Waals surface area contributed by atoms with Gasteiger partial charge in [-0.2, -0.15) is 0 Å². The molecule has 0 aliphatic heterocycles. The molecule has 0 spiro atoms. The first-order valence-electron chi connectivity index (χ1n) is 6.29. The summed E-state index contributed by atoms with van der Waals surface area (Å²) in [5.41, 5.74) is 8.90. The third-order valence-electron chi connectivity index (χ3n) is 3.19. The Labute approximate surface area is 123 Å². The molecule has 0 unspecified atom stereocenters. The molecule has 0 amide bonds. The van der Waals surface area contributed by atoms with E-state index in [1.807, 2.05) is 18.2 Å². The summed E-state index contributed by atoms with van der Waals surface area (Å²) in [6, 6.07) is 11.9. The summed E-state index contributed by atoms with van der Waals surface area (Å²) in [5, 5.41) is 7.67. The van der Waals surface area contributed by atoms with Crippen molar-refractivity contribution in [2.24, 2.45) is 5.73 Å². The summed E-state index contributed by atoms with van der Waals surface area (Å²) < 4.78 is 5.25. The minimum Gasteiger partial charge on any atom is -0.497 e. The smallest absolute Gasteiger partial charge is 0.123 e. The molecule has 2 aromatic rings. The van der Waals surface area contributed by atoms with Gasteiger partial charge in [0.1, 0.15) is 11.6 Å². The molecule has 0 saturated carbocycles. The molecule has 0 atom stereocenters. The van der Waals surface area contributed by atoms with Gasteiger partial charge in [-0.1, -0.05) is 17.8 Å². The maximum Gasteiger partial charge on any atom is 0.123 e. The highest BCUT2D eigenvalue weighted by atomic mass is 32.2. The van der Waals surface area contributed by atoms with Crippen LogP contribution in [0.1, 0.15) is 16.7 Å². The quantitative estimate of drug-likeness (QED) is 0.665. The molecule has 0 heterocycles. The van der Waals surface area contributed by atoms with E-state index >= 15 is 0 Å². The second kappa shape index (κ2) is 6.01. The minimum absolute atomic E-state index is 0.0685. The second-order valence-corrected chi connectivity index (χ2v) is 5.74. The monoisotopic (exact) mass is 286 g/mol. The third kappa shape index (κ3) is 3.14. The number of amidine groups is 1. The summed E-state index contributed by atoms with van der Waals surface area (Å²) in [7, 11) is 1.63. The van der Waals surface area contributed by atoms with Gasteiger partial charge >= 0.3 is 0 Å². The molecule has 2 aromatic carbocycles. The molecular weight excluding hydrogens is 268 g/mol. The zero-order valence-corrected chi connectivity index (χ0v) is 12.7. The molecule has 0 bridgehead atoms. The lowest BCUT2D eigenvalue weighted by molar-refractivity contribution is 0.413. The van der Waals surface area contributed by atoms with E-state index < -0.39 is 0 Å². The van der Waals surface area contributed by atoms with Gasteiger partial charge in [0.15, 0.2) is 0 Å². The van der Waals surface area contributed by atoms with Crippen molar-refractivity contribution < 1.29 is 4.74 Å². The van der Waals surface area contributed by atoms with Crippen LogP contribution >= 0.6 is 11.8 Å². The average Bonchev–Trinajstić information content (AvgIpc) is 2.42. The average molecular weight is 286 g/mol. The summed E-state index contributed by atoms with van der Waals surface area (Å²) in [5.74, 6) is 0.834. The summed E-state index contributed by atoms with van der Waals surface area (Å²) in [6.45, 7) is 4.19. The molecule has 104 valence electrons. The van der Waals surface area contributed by atoms with Gasteiger partial charge in [-0.05, 0) is 55.3 Å². The van der Waals surface area contributed by atoms with Crippen LogP contribution in [0.15, 0.2) is 46.2 Å². The Hall–Kier alpha value is -1.94. The Morgan fingerprint density at radius 2 is 1.85 bits per heavy atom. The van der Waals surface area contributed by atoms with Crippen molar-refractivity contribution in [3.8, 4) is 5.75 Å². The highest BCUT2D eigenvalue weighted by molar-refractivity contribution is 7.99. The van der Waals surface area contributed by atoms with E-state index in [1.54, 1.807) is 18.9 Å². The Bertz CT molecular complexity index is 653. The van der Waals surface area contributed by atoms with Gasteiger partial charge in [-0.25, -0.2) is 0 Å². The predicted molar refractivity (Wildman–Crippen MR) is 84.0 cm³/mol. The highest BCUT2D eigenvalue weighted by Crippen LogP contribution is 2.33. The predicted octanol–water partition coefficient (Wildman–Crippen LogP) is 3.75. The molecule has 0 radical (unpaired) electrons. The van der Waals surface area contributed by atoms with Crippen LogP contribution in [-0.2, 0) is 0 Å². The number of aryl methyl sites for hydroxylation is 2. The molecule has 3 nitrogen and oxygen atoms in total. The van der Waals surface area contributed by atoms with Crippen LogP contribution in [0.25, 0.3) is 0 Å². The first kappa shape index (κ1) is 14.5. The van der Waals surface area contributed by atoms with Crippen molar-refractivity contribution in [1.82, 2.24) is 0 Å². The van der Waals surface area contributed by atoms with Crippen molar-refractivity contribution in [2.75, 3.05) is 7.11 Å². The van der Waals surface area contributed by atoms with Gasteiger partial charge < -0.3 is 10.5 Å². The Morgan fingerprint density at radius 3 is 2.45 bits per heavy atom. The van der Waals surface area contributed by atoms with Crippen LogP contribution in [0.4, 0.5) is 0 Å². The Morgan fingerprint density at radius 1 is 1.10 bits per heavy atom. The first-order chi connectivity index (χ1) is 9.51. The Kier molecular flexibility index (Phi) is 4.35. The number of rotatable bonds is 4. The lowest BCUT2D eigenvalue weighted by Gasteiger charge is -2.11. The van der Waals surface area contributed by atoms with E-state index in [0.29, 0.717) is 0 Å². The van der Waals surface area contributed by atoms with Crippen LogP contribution in [-0.4, -0.2) is 12.9 Å². The number of ether oxygens (including phenoxy) is 1. The van der Waals surface area contributed by atoms with Crippen molar-refractivity contribution >= 4 is 17.6 Å². The van der Waals surface area contributed by atoms with Crippen molar-refractivity contribution in [1.29, 1.82) is 5.41 Å². The SMILES string of the molecule is COc1ccc(C(=N)N)c(Sc2ccc(C)c(C)c2)c1. The minimum atomic E-state index is 0.0685. The summed E-state index contributed by atoms with van der Waals surface area (Å²) in [4.78, 5) is 2.06. The van der Waals surface area contributed by atoms with Crippen LogP contribution in [0.5, 0.6) is 5.75 Å². The Balaban J connectivity index is 2.40.